The maximum atomic E-state index is 12.1. The molecule has 0 saturated carbocycles. The minimum atomic E-state index is -0.508. The minimum absolute atomic E-state index is 0.185. The monoisotopic (exact) mass is 306 g/mol. The van der Waals surface area contributed by atoms with E-state index in [2.05, 4.69) is 20.8 Å². The Morgan fingerprint density at radius 1 is 1.33 bits per heavy atom. The Kier molecular flexibility index (Phi) is 4.53. The van der Waals surface area contributed by atoms with Crippen LogP contribution in [0.5, 0.6) is 0 Å². The van der Waals surface area contributed by atoms with Crippen molar-refractivity contribution in [1.82, 2.24) is 20.2 Å². The van der Waals surface area contributed by atoms with E-state index in [1.54, 1.807) is 38.2 Å². The topological polar surface area (TPSA) is 116 Å². The predicted molar refractivity (Wildman–Crippen MR) is 77.7 cm³/mol. The molecule has 0 fully saturated rings. The molecule has 0 aliphatic rings. The maximum Gasteiger partial charge on any atom is 0.248 e. The molecule has 0 saturated heterocycles. The molecule has 110 valence electrons. The molecule has 1 unspecified atom stereocenters. The van der Waals surface area contributed by atoms with Gasteiger partial charge in [-0.25, -0.2) is 4.68 Å². The van der Waals surface area contributed by atoms with Crippen LogP contribution in [0.3, 0.4) is 0 Å². The van der Waals surface area contributed by atoms with Crippen molar-refractivity contribution in [3.05, 3.63) is 29.8 Å². The van der Waals surface area contributed by atoms with E-state index in [-0.39, 0.29) is 11.2 Å². The number of nitrogens with zero attached hydrogens (tertiary/aromatic N) is 4. The number of amides is 2. The van der Waals surface area contributed by atoms with E-state index in [1.165, 1.54) is 16.4 Å². The summed E-state index contributed by atoms with van der Waals surface area (Å²) >= 11 is 1.25. The number of thioether (sulfide) groups is 1. The van der Waals surface area contributed by atoms with E-state index in [4.69, 9.17) is 5.73 Å². The normalized spacial score (nSPS) is 11.9. The first-order valence-corrected chi connectivity index (χ1v) is 6.95. The summed E-state index contributed by atoms with van der Waals surface area (Å²) in [5.41, 5.74) is 6.13. The Morgan fingerprint density at radius 2 is 2.00 bits per heavy atom. The number of nitrogens with one attached hydrogen (secondary N) is 1. The molecular formula is C12H14N6O2S. The molecule has 2 aromatic rings. The van der Waals surface area contributed by atoms with E-state index in [9.17, 15) is 9.59 Å². The first-order chi connectivity index (χ1) is 9.97. The standard InChI is InChI=1S/C12H14N6O2S/c1-7(21-12-15-16-17-18(12)2)11(20)14-9-5-3-8(4-6-9)10(13)19/h3-7H,1-2H3,(H2,13,19)(H,14,20). The van der Waals surface area contributed by atoms with Crippen LogP contribution in [0, 0.1) is 0 Å². The Bertz CT molecular complexity index is 654. The minimum Gasteiger partial charge on any atom is -0.366 e. The molecule has 1 heterocycles. The quantitative estimate of drug-likeness (QED) is 0.774. The number of hydrogen-bond acceptors (Lipinski definition) is 6. The first kappa shape index (κ1) is 15.0. The van der Waals surface area contributed by atoms with Crippen LogP contribution in [0.4, 0.5) is 5.69 Å². The van der Waals surface area contributed by atoms with Gasteiger partial charge in [0.1, 0.15) is 0 Å². The van der Waals surface area contributed by atoms with Crippen molar-refractivity contribution in [3.63, 3.8) is 0 Å². The Hall–Kier alpha value is -2.42. The lowest BCUT2D eigenvalue weighted by atomic mass is 10.2. The summed E-state index contributed by atoms with van der Waals surface area (Å²) in [6, 6.07) is 6.36. The predicted octanol–water partition coefficient (Wildman–Crippen LogP) is 0.428. The number of nitrogens with two attached hydrogens (primary N) is 1. The van der Waals surface area contributed by atoms with Crippen LogP contribution < -0.4 is 11.1 Å². The van der Waals surface area contributed by atoms with Crippen molar-refractivity contribution < 1.29 is 9.59 Å². The van der Waals surface area contributed by atoms with Gasteiger partial charge in [-0.3, -0.25) is 9.59 Å². The van der Waals surface area contributed by atoms with Gasteiger partial charge in [-0.05, 0) is 41.6 Å². The lowest BCUT2D eigenvalue weighted by molar-refractivity contribution is -0.115. The molecule has 0 aliphatic heterocycles. The molecule has 0 radical (unpaired) electrons. The van der Waals surface area contributed by atoms with Gasteiger partial charge in [-0.2, -0.15) is 0 Å². The van der Waals surface area contributed by atoms with Gasteiger partial charge in [-0.1, -0.05) is 11.8 Å². The zero-order valence-corrected chi connectivity index (χ0v) is 12.3. The molecule has 1 aromatic heterocycles. The van der Waals surface area contributed by atoms with Gasteiger partial charge >= 0.3 is 0 Å². The Balaban J connectivity index is 1.97. The molecule has 9 heteroatoms. The SMILES string of the molecule is CC(Sc1nnnn1C)C(=O)Nc1ccc(C(N)=O)cc1. The highest BCUT2D eigenvalue weighted by Crippen LogP contribution is 2.20. The fraction of sp³-hybridized carbons (Fsp3) is 0.250. The number of carbonyl (C=O) groups excluding carboxylic acids is 2. The molecule has 1 atom stereocenters. The summed E-state index contributed by atoms with van der Waals surface area (Å²) in [4.78, 5) is 23.0. The van der Waals surface area contributed by atoms with Crippen LogP contribution in [0.25, 0.3) is 0 Å². The van der Waals surface area contributed by atoms with E-state index in [0.29, 0.717) is 16.4 Å². The third kappa shape index (κ3) is 3.78. The van der Waals surface area contributed by atoms with E-state index in [0.717, 1.165) is 0 Å². The van der Waals surface area contributed by atoms with Crippen LogP contribution in [0.1, 0.15) is 17.3 Å². The van der Waals surface area contributed by atoms with Crippen molar-refractivity contribution in [2.75, 3.05) is 5.32 Å². The second kappa shape index (κ2) is 6.35. The second-order valence-corrected chi connectivity index (χ2v) is 5.58. The molecule has 3 N–H and O–H groups in total. The smallest absolute Gasteiger partial charge is 0.248 e. The van der Waals surface area contributed by atoms with Gasteiger partial charge in [0.15, 0.2) is 0 Å². The van der Waals surface area contributed by atoms with Crippen molar-refractivity contribution >= 4 is 29.3 Å². The van der Waals surface area contributed by atoms with E-state index in [1.807, 2.05) is 0 Å². The Morgan fingerprint density at radius 3 is 2.52 bits per heavy atom. The van der Waals surface area contributed by atoms with Crippen LogP contribution in [0.15, 0.2) is 29.4 Å². The van der Waals surface area contributed by atoms with Gasteiger partial charge in [-0.15, -0.1) is 5.10 Å². The molecule has 0 aliphatic carbocycles. The molecule has 0 spiro atoms. The van der Waals surface area contributed by atoms with Crippen molar-refractivity contribution in [3.8, 4) is 0 Å². The van der Waals surface area contributed by atoms with Crippen LogP contribution in [-0.2, 0) is 11.8 Å². The number of tetrazole rings is 1. The van der Waals surface area contributed by atoms with Gasteiger partial charge in [0.2, 0.25) is 17.0 Å². The molecule has 21 heavy (non-hydrogen) atoms. The number of anilines is 1. The first-order valence-electron chi connectivity index (χ1n) is 6.07. The molecule has 1 aromatic carbocycles. The maximum absolute atomic E-state index is 12.1. The number of hydrogen-bond donors (Lipinski definition) is 2. The highest BCUT2D eigenvalue weighted by Gasteiger charge is 2.17. The molecule has 8 nitrogen and oxygen atoms in total. The lowest BCUT2D eigenvalue weighted by Crippen LogP contribution is -2.23. The summed E-state index contributed by atoms with van der Waals surface area (Å²) in [7, 11) is 1.70. The molecular weight excluding hydrogens is 292 g/mol. The van der Waals surface area contributed by atoms with Gasteiger partial charge < -0.3 is 11.1 Å². The van der Waals surface area contributed by atoms with Crippen molar-refractivity contribution in [1.29, 1.82) is 0 Å². The largest absolute Gasteiger partial charge is 0.366 e. The third-order valence-corrected chi connectivity index (χ3v) is 3.79. The summed E-state index contributed by atoms with van der Waals surface area (Å²) in [6.45, 7) is 1.76. The number of aromatic nitrogens is 4. The molecule has 2 rings (SSSR count). The van der Waals surface area contributed by atoms with Crippen LogP contribution in [-0.4, -0.2) is 37.3 Å². The van der Waals surface area contributed by atoms with E-state index < -0.39 is 5.91 Å². The zero-order chi connectivity index (χ0) is 15.4. The summed E-state index contributed by atoms with van der Waals surface area (Å²) in [5, 5.41) is 14.0. The summed E-state index contributed by atoms with van der Waals surface area (Å²) in [5.74, 6) is -0.693. The van der Waals surface area contributed by atoms with Gasteiger partial charge in [0.25, 0.3) is 0 Å². The number of benzene rings is 1. The van der Waals surface area contributed by atoms with Gasteiger partial charge in [0.05, 0.1) is 5.25 Å². The number of aryl methyl sites for hydroxylation is 1. The number of primary amides is 1. The fourth-order valence-corrected chi connectivity index (χ4v) is 2.25. The molecule has 0 bridgehead atoms. The highest BCUT2D eigenvalue weighted by atomic mass is 32.2. The lowest BCUT2D eigenvalue weighted by Gasteiger charge is -2.11. The number of rotatable bonds is 5. The highest BCUT2D eigenvalue weighted by molar-refractivity contribution is 8.00. The third-order valence-electron chi connectivity index (χ3n) is 2.67. The summed E-state index contributed by atoms with van der Waals surface area (Å²) in [6.07, 6.45) is 0. The van der Waals surface area contributed by atoms with Crippen molar-refractivity contribution in [2.45, 2.75) is 17.3 Å². The van der Waals surface area contributed by atoms with Crippen LogP contribution in [0.2, 0.25) is 0 Å². The fourth-order valence-electron chi connectivity index (χ4n) is 1.49. The van der Waals surface area contributed by atoms with Crippen molar-refractivity contribution in [2.24, 2.45) is 12.8 Å². The molecule has 2 amide bonds. The number of carbonyl (C=O) groups is 2. The zero-order valence-electron chi connectivity index (χ0n) is 11.5. The second-order valence-electron chi connectivity index (χ2n) is 4.28. The average Bonchev–Trinajstić information content (AvgIpc) is 2.84. The average molecular weight is 306 g/mol. The van der Waals surface area contributed by atoms with Crippen LogP contribution >= 0.6 is 11.8 Å². The Labute approximate surface area is 125 Å². The van der Waals surface area contributed by atoms with Gasteiger partial charge in [0, 0.05) is 18.3 Å². The summed E-state index contributed by atoms with van der Waals surface area (Å²) < 4.78 is 1.50. The van der Waals surface area contributed by atoms with E-state index >= 15 is 0 Å².